The SMILES string of the molecule is CC(=NOCc1ccc(CCC(C)(C)C)c(C(F)(F)F)c1)c1ccc(CNCCC(=O)O)cc1. The molecule has 0 saturated heterocycles. The zero-order valence-corrected chi connectivity index (χ0v) is 20.1. The van der Waals surface area contributed by atoms with Gasteiger partial charge in [-0.25, -0.2) is 0 Å². The Morgan fingerprint density at radius 3 is 2.29 bits per heavy atom. The number of carbonyl (C=O) groups is 1. The molecule has 0 radical (unpaired) electrons. The first-order chi connectivity index (χ1) is 15.8. The third-order valence-corrected chi connectivity index (χ3v) is 5.27. The van der Waals surface area contributed by atoms with E-state index < -0.39 is 17.7 Å². The highest BCUT2D eigenvalue weighted by atomic mass is 19.4. The molecule has 0 aliphatic carbocycles. The Kier molecular flexibility index (Phi) is 9.67. The van der Waals surface area contributed by atoms with E-state index in [0.717, 1.165) is 17.2 Å². The second-order valence-corrected chi connectivity index (χ2v) is 9.52. The summed E-state index contributed by atoms with van der Waals surface area (Å²) in [6, 6.07) is 11.9. The van der Waals surface area contributed by atoms with Crippen LogP contribution in [0.4, 0.5) is 13.2 Å². The Hall–Kier alpha value is -2.87. The predicted octanol–water partition coefficient (Wildman–Crippen LogP) is 6.19. The molecule has 0 amide bonds. The van der Waals surface area contributed by atoms with Crippen LogP contribution in [-0.2, 0) is 35.4 Å². The van der Waals surface area contributed by atoms with Crippen LogP contribution >= 0.6 is 0 Å². The molecule has 0 atom stereocenters. The summed E-state index contributed by atoms with van der Waals surface area (Å²) in [5, 5.41) is 15.8. The first-order valence-electron chi connectivity index (χ1n) is 11.2. The molecule has 0 saturated carbocycles. The second kappa shape index (κ2) is 12.0. The average molecular weight is 479 g/mol. The van der Waals surface area contributed by atoms with E-state index in [1.165, 1.54) is 6.07 Å². The van der Waals surface area contributed by atoms with Crippen LogP contribution < -0.4 is 5.32 Å². The number of oxime groups is 1. The summed E-state index contributed by atoms with van der Waals surface area (Å²) in [5.41, 5.74) is 2.45. The molecule has 0 aliphatic rings. The van der Waals surface area contributed by atoms with Crippen LogP contribution in [0.3, 0.4) is 0 Å². The van der Waals surface area contributed by atoms with Crippen LogP contribution in [0.5, 0.6) is 0 Å². The Labute approximate surface area is 199 Å². The molecule has 186 valence electrons. The number of hydrogen-bond acceptors (Lipinski definition) is 4. The van der Waals surface area contributed by atoms with Crippen LogP contribution in [0, 0.1) is 5.41 Å². The summed E-state index contributed by atoms with van der Waals surface area (Å²) in [6.45, 7) is 8.66. The summed E-state index contributed by atoms with van der Waals surface area (Å²) in [4.78, 5) is 15.9. The molecule has 8 heteroatoms. The lowest BCUT2D eigenvalue weighted by Gasteiger charge is -2.20. The zero-order chi connectivity index (χ0) is 25.4. The Morgan fingerprint density at radius 2 is 1.71 bits per heavy atom. The smallest absolute Gasteiger partial charge is 0.416 e. The van der Waals surface area contributed by atoms with Crippen LogP contribution in [0.2, 0.25) is 0 Å². The molecular formula is C26H33F3N2O3. The molecule has 34 heavy (non-hydrogen) atoms. The number of carboxylic acids is 1. The number of hydrogen-bond donors (Lipinski definition) is 2. The molecule has 0 aromatic heterocycles. The van der Waals surface area contributed by atoms with Crippen molar-refractivity contribution in [2.75, 3.05) is 6.54 Å². The van der Waals surface area contributed by atoms with Gasteiger partial charge in [0, 0.05) is 13.1 Å². The molecule has 0 spiro atoms. The van der Waals surface area contributed by atoms with Gasteiger partial charge < -0.3 is 15.3 Å². The number of carboxylic acid groups (broad SMARTS) is 1. The summed E-state index contributed by atoms with van der Waals surface area (Å²) in [5.74, 6) is -0.846. The maximum absolute atomic E-state index is 13.6. The van der Waals surface area contributed by atoms with Gasteiger partial charge in [-0.3, -0.25) is 4.79 Å². The van der Waals surface area contributed by atoms with Crippen molar-refractivity contribution in [1.82, 2.24) is 5.32 Å². The van der Waals surface area contributed by atoms with Crippen molar-refractivity contribution < 1.29 is 27.9 Å². The number of aryl methyl sites for hydroxylation is 1. The van der Waals surface area contributed by atoms with Gasteiger partial charge in [-0.2, -0.15) is 13.2 Å². The summed E-state index contributed by atoms with van der Waals surface area (Å²) < 4.78 is 40.8. The molecule has 0 aliphatic heterocycles. The molecule has 5 nitrogen and oxygen atoms in total. The predicted molar refractivity (Wildman–Crippen MR) is 127 cm³/mol. The molecule has 2 rings (SSSR count). The maximum Gasteiger partial charge on any atom is 0.416 e. The largest absolute Gasteiger partial charge is 0.481 e. The molecule has 2 aromatic rings. The maximum atomic E-state index is 13.6. The quantitative estimate of drug-likeness (QED) is 0.230. The van der Waals surface area contributed by atoms with Crippen molar-refractivity contribution in [2.45, 2.75) is 66.3 Å². The van der Waals surface area contributed by atoms with E-state index in [1.807, 2.05) is 45.0 Å². The highest BCUT2D eigenvalue weighted by molar-refractivity contribution is 5.98. The fourth-order valence-corrected chi connectivity index (χ4v) is 3.25. The van der Waals surface area contributed by atoms with Gasteiger partial charge in [-0.15, -0.1) is 0 Å². The lowest BCUT2D eigenvalue weighted by atomic mass is 9.87. The molecule has 0 unspecified atom stereocenters. The third kappa shape index (κ3) is 9.55. The van der Waals surface area contributed by atoms with Crippen molar-refractivity contribution in [3.63, 3.8) is 0 Å². The molecule has 2 aromatic carbocycles. The van der Waals surface area contributed by atoms with E-state index in [-0.39, 0.29) is 18.4 Å². The number of aliphatic carboxylic acids is 1. The van der Waals surface area contributed by atoms with Gasteiger partial charge in [0.05, 0.1) is 17.7 Å². The van der Waals surface area contributed by atoms with E-state index in [0.29, 0.717) is 42.8 Å². The van der Waals surface area contributed by atoms with E-state index in [2.05, 4.69) is 10.5 Å². The lowest BCUT2D eigenvalue weighted by Crippen LogP contribution is -2.17. The van der Waals surface area contributed by atoms with Crippen molar-refractivity contribution in [3.05, 3.63) is 70.3 Å². The van der Waals surface area contributed by atoms with Crippen molar-refractivity contribution in [1.29, 1.82) is 0 Å². The van der Waals surface area contributed by atoms with Gasteiger partial charge in [0.2, 0.25) is 0 Å². The lowest BCUT2D eigenvalue weighted by molar-refractivity contribution is -0.138. The van der Waals surface area contributed by atoms with E-state index in [1.54, 1.807) is 13.0 Å². The molecule has 0 bridgehead atoms. The number of nitrogens with zero attached hydrogens (tertiary/aromatic N) is 1. The van der Waals surface area contributed by atoms with E-state index in [4.69, 9.17) is 9.94 Å². The summed E-state index contributed by atoms with van der Waals surface area (Å²) >= 11 is 0. The number of alkyl halides is 3. The Bertz CT molecular complexity index is 978. The fourth-order valence-electron chi connectivity index (χ4n) is 3.25. The first-order valence-corrected chi connectivity index (χ1v) is 11.2. The second-order valence-electron chi connectivity index (χ2n) is 9.52. The van der Waals surface area contributed by atoms with E-state index >= 15 is 0 Å². The fraction of sp³-hybridized carbons (Fsp3) is 0.462. The number of halogens is 3. The number of nitrogens with one attached hydrogen (secondary N) is 1. The van der Waals surface area contributed by atoms with Gasteiger partial charge in [-0.1, -0.05) is 62.3 Å². The van der Waals surface area contributed by atoms with Crippen molar-refractivity contribution >= 4 is 11.7 Å². The van der Waals surface area contributed by atoms with Crippen LogP contribution in [0.1, 0.15) is 68.4 Å². The van der Waals surface area contributed by atoms with Gasteiger partial charge in [0.25, 0.3) is 0 Å². The Balaban J connectivity index is 1.97. The zero-order valence-electron chi connectivity index (χ0n) is 20.1. The minimum absolute atomic E-state index is 0.0496. The van der Waals surface area contributed by atoms with Gasteiger partial charge >= 0.3 is 12.1 Å². The highest BCUT2D eigenvalue weighted by Gasteiger charge is 2.33. The monoisotopic (exact) mass is 478 g/mol. The molecule has 0 heterocycles. The van der Waals surface area contributed by atoms with Crippen molar-refractivity contribution in [3.8, 4) is 0 Å². The minimum Gasteiger partial charge on any atom is -0.481 e. The van der Waals surface area contributed by atoms with Gasteiger partial charge in [0.15, 0.2) is 0 Å². The molecular weight excluding hydrogens is 445 g/mol. The number of rotatable bonds is 11. The third-order valence-electron chi connectivity index (χ3n) is 5.27. The van der Waals surface area contributed by atoms with Crippen LogP contribution in [0.25, 0.3) is 0 Å². The minimum atomic E-state index is -4.42. The Morgan fingerprint density at radius 1 is 1.06 bits per heavy atom. The summed E-state index contributed by atoms with van der Waals surface area (Å²) in [7, 11) is 0. The van der Waals surface area contributed by atoms with Crippen LogP contribution in [0.15, 0.2) is 47.6 Å². The normalized spacial score (nSPS) is 12.6. The molecule has 0 fully saturated rings. The topological polar surface area (TPSA) is 70.9 Å². The van der Waals surface area contributed by atoms with Crippen LogP contribution in [-0.4, -0.2) is 23.3 Å². The first kappa shape index (κ1) is 27.4. The van der Waals surface area contributed by atoms with Gasteiger partial charge in [0.1, 0.15) is 6.61 Å². The standard InChI is InChI=1S/C26H33F3N2O3/c1-18(21-8-5-19(6-9-21)16-30-14-12-24(32)33)31-34-17-20-7-10-22(11-13-25(2,3)4)23(15-20)26(27,28)29/h5-10,15,30H,11-14,16-17H2,1-4H3,(H,32,33). The summed E-state index contributed by atoms with van der Waals surface area (Å²) in [6.07, 6.45) is -3.34. The van der Waals surface area contributed by atoms with Gasteiger partial charge in [-0.05, 0) is 53.5 Å². The highest BCUT2D eigenvalue weighted by Crippen LogP contribution is 2.34. The number of benzene rings is 2. The van der Waals surface area contributed by atoms with E-state index in [9.17, 15) is 18.0 Å². The molecule has 2 N–H and O–H groups in total. The average Bonchev–Trinajstić information content (AvgIpc) is 2.74. The van der Waals surface area contributed by atoms with Crippen molar-refractivity contribution in [2.24, 2.45) is 10.6 Å².